The summed E-state index contributed by atoms with van der Waals surface area (Å²) in [6.07, 6.45) is 6.09. The summed E-state index contributed by atoms with van der Waals surface area (Å²) in [6, 6.07) is 4.78. The monoisotopic (exact) mass is 276 g/mol. The number of aryl methyl sites for hydroxylation is 1. The SMILES string of the molecule is CCCc1cc(CNC(C)C)cc(OCCC2CC2)n1. The summed E-state index contributed by atoms with van der Waals surface area (Å²) in [4.78, 5) is 4.62. The molecule has 0 aliphatic heterocycles. The molecule has 1 saturated carbocycles. The summed E-state index contributed by atoms with van der Waals surface area (Å²) in [6.45, 7) is 8.22. The Balaban J connectivity index is 1.95. The molecule has 0 amide bonds. The van der Waals surface area contributed by atoms with Crippen LogP contribution in [0.3, 0.4) is 0 Å². The van der Waals surface area contributed by atoms with E-state index in [-0.39, 0.29) is 0 Å². The molecule has 1 aliphatic carbocycles. The molecule has 0 bridgehead atoms. The van der Waals surface area contributed by atoms with Crippen molar-refractivity contribution in [3.8, 4) is 5.88 Å². The zero-order chi connectivity index (χ0) is 14.4. The highest BCUT2D eigenvalue weighted by Gasteiger charge is 2.20. The molecule has 0 saturated heterocycles. The Morgan fingerprint density at radius 1 is 1.35 bits per heavy atom. The lowest BCUT2D eigenvalue weighted by molar-refractivity contribution is 0.290. The van der Waals surface area contributed by atoms with E-state index in [0.29, 0.717) is 6.04 Å². The number of nitrogens with zero attached hydrogens (tertiary/aromatic N) is 1. The van der Waals surface area contributed by atoms with Crippen molar-refractivity contribution in [1.29, 1.82) is 0 Å². The molecule has 3 heteroatoms. The van der Waals surface area contributed by atoms with E-state index in [9.17, 15) is 0 Å². The van der Waals surface area contributed by atoms with Crippen molar-refractivity contribution in [1.82, 2.24) is 10.3 Å². The molecular weight excluding hydrogens is 248 g/mol. The van der Waals surface area contributed by atoms with Crippen LogP contribution in [0.15, 0.2) is 12.1 Å². The van der Waals surface area contributed by atoms with Gasteiger partial charge in [0.25, 0.3) is 0 Å². The van der Waals surface area contributed by atoms with Gasteiger partial charge in [-0.2, -0.15) is 0 Å². The molecule has 20 heavy (non-hydrogen) atoms. The second kappa shape index (κ2) is 7.63. The molecule has 2 rings (SSSR count). The number of nitrogens with one attached hydrogen (secondary N) is 1. The van der Waals surface area contributed by atoms with Crippen molar-refractivity contribution in [2.24, 2.45) is 5.92 Å². The average Bonchev–Trinajstić information content (AvgIpc) is 3.21. The fraction of sp³-hybridized carbons (Fsp3) is 0.706. The quantitative estimate of drug-likeness (QED) is 0.746. The lowest BCUT2D eigenvalue weighted by Crippen LogP contribution is -2.22. The minimum Gasteiger partial charge on any atom is -0.478 e. The zero-order valence-corrected chi connectivity index (χ0v) is 13.1. The molecule has 0 radical (unpaired) electrons. The Hall–Kier alpha value is -1.09. The Kier molecular flexibility index (Phi) is 5.84. The predicted molar refractivity (Wildman–Crippen MR) is 83.0 cm³/mol. The standard InChI is InChI=1S/C17H28N2O/c1-4-5-16-10-15(12-18-13(2)3)11-17(19-16)20-9-8-14-6-7-14/h10-11,13-14,18H,4-9,12H2,1-3H3. The molecule has 112 valence electrons. The van der Waals surface area contributed by atoms with Crippen molar-refractivity contribution in [3.05, 3.63) is 23.4 Å². The van der Waals surface area contributed by atoms with Crippen LogP contribution in [-0.2, 0) is 13.0 Å². The molecule has 0 unspecified atom stereocenters. The van der Waals surface area contributed by atoms with Crippen LogP contribution in [-0.4, -0.2) is 17.6 Å². The molecule has 0 spiro atoms. The Labute approximate surface area is 123 Å². The van der Waals surface area contributed by atoms with Gasteiger partial charge in [0.2, 0.25) is 5.88 Å². The highest BCUT2D eigenvalue weighted by molar-refractivity contribution is 5.25. The van der Waals surface area contributed by atoms with Gasteiger partial charge >= 0.3 is 0 Å². The second-order valence-corrected chi connectivity index (χ2v) is 6.17. The van der Waals surface area contributed by atoms with E-state index in [4.69, 9.17) is 4.74 Å². The number of aromatic nitrogens is 1. The Morgan fingerprint density at radius 2 is 2.15 bits per heavy atom. The highest BCUT2D eigenvalue weighted by Crippen LogP contribution is 2.32. The van der Waals surface area contributed by atoms with Crippen LogP contribution in [0.4, 0.5) is 0 Å². The predicted octanol–water partition coefficient (Wildman–Crippen LogP) is 3.71. The van der Waals surface area contributed by atoms with Gasteiger partial charge in [-0.3, -0.25) is 0 Å². The van der Waals surface area contributed by atoms with Gasteiger partial charge in [-0.25, -0.2) is 4.98 Å². The van der Waals surface area contributed by atoms with E-state index >= 15 is 0 Å². The first kappa shape index (κ1) is 15.3. The second-order valence-electron chi connectivity index (χ2n) is 6.17. The van der Waals surface area contributed by atoms with Crippen LogP contribution in [0, 0.1) is 5.92 Å². The maximum Gasteiger partial charge on any atom is 0.213 e. The Bertz CT molecular complexity index is 413. The van der Waals surface area contributed by atoms with Crippen molar-refractivity contribution in [2.45, 2.75) is 65.5 Å². The first-order chi connectivity index (χ1) is 9.67. The van der Waals surface area contributed by atoms with E-state index in [0.717, 1.165) is 43.5 Å². The van der Waals surface area contributed by atoms with Crippen LogP contribution in [0.5, 0.6) is 5.88 Å². The highest BCUT2D eigenvalue weighted by atomic mass is 16.5. The maximum absolute atomic E-state index is 5.85. The first-order valence-electron chi connectivity index (χ1n) is 8.03. The molecule has 0 atom stereocenters. The third kappa shape index (κ3) is 5.49. The molecule has 1 aliphatic rings. The minimum atomic E-state index is 0.497. The molecular formula is C17H28N2O. The Morgan fingerprint density at radius 3 is 2.80 bits per heavy atom. The maximum atomic E-state index is 5.85. The van der Waals surface area contributed by atoms with Crippen LogP contribution in [0.25, 0.3) is 0 Å². The number of pyridine rings is 1. The van der Waals surface area contributed by atoms with Crippen LogP contribution in [0.1, 0.15) is 57.7 Å². The summed E-state index contributed by atoms with van der Waals surface area (Å²) in [5.74, 6) is 1.72. The molecule has 0 aromatic carbocycles. The molecule has 1 heterocycles. The van der Waals surface area contributed by atoms with Crippen LogP contribution in [0.2, 0.25) is 0 Å². The van der Waals surface area contributed by atoms with Gasteiger partial charge in [0.05, 0.1) is 6.61 Å². The topological polar surface area (TPSA) is 34.1 Å². The summed E-state index contributed by atoms with van der Waals surface area (Å²) in [5, 5.41) is 3.46. The number of rotatable bonds is 9. The zero-order valence-electron chi connectivity index (χ0n) is 13.1. The van der Waals surface area contributed by atoms with Gasteiger partial charge in [0, 0.05) is 24.3 Å². The lowest BCUT2D eigenvalue weighted by atomic mass is 10.1. The van der Waals surface area contributed by atoms with Crippen LogP contribution < -0.4 is 10.1 Å². The largest absolute Gasteiger partial charge is 0.478 e. The molecule has 1 N–H and O–H groups in total. The van der Waals surface area contributed by atoms with E-state index in [1.54, 1.807) is 0 Å². The lowest BCUT2D eigenvalue weighted by Gasteiger charge is -2.12. The number of ether oxygens (including phenoxy) is 1. The molecule has 1 aromatic heterocycles. The summed E-state index contributed by atoms with van der Waals surface area (Å²) in [7, 11) is 0. The smallest absolute Gasteiger partial charge is 0.213 e. The molecule has 1 aromatic rings. The third-order valence-corrected chi connectivity index (χ3v) is 3.61. The van der Waals surface area contributed by atoms with Gasteiger partial charge in [-0.15, -0.1) is 0 Å². The minimum absolute atomic E-state index is 0.497. The molecule has 3 nitrogen and oxygen atoms in total. The van der Waals surface area contributed by atoms with Gasteiger partial charge in [-0.05, 0) is 30.4 Å². The average molecular weight is 276 g/mol. The summed E-state index contributed by atoms with van der Waals surface area (Å²) < 4.78 is 5.85. The summed E-state index contributed by atoms with van der Waals surface area (Å²) >= 11 is 0. The van der Waals surface area contributed by atoms with Crippen molar-refractivity contribution in [2.75, 3.05) is 6.61 Å². The fourth-order valence-corrected chi connectivity index (χ4v) is 2.24. The fourth-order valence-electron chi connectivity index (χ4n) is 2.24. The van der Waals surface area contributed by atoms with Gasteiger partial charge < -0.3 is 10.1 Å². The van der Waals surface area contributed by atoms with Gasteiger partial charge in [0.1, 0.15) is 0 Å². The van der Waals surface area contributed by atoms with E-state index < -0.39 is 0 Å². The van der Waals surface area contributed by atoms with Crippen molar-refractivity contribution in [3.63, 3.8) is 0 Å². The van der Waals surface area contributed by atoms with Crippen molar-refractivity contribution >= 4 is 0 Å². The van der Waals surface area contributed by atoms with Gasteiger partial charge in [0.15, 0.2) is 0 Å². The van der Waals surface area contributed by atoms with E-state index in [1.165, 1.54) is 24.8 Å². The molecule has 1 fully saturated rings. The first-order valence-corrected chi connectivity index (χ1v) is 8.03. The number of hydrogen-bond donors (Lipinski definition) is 1. The van der Waals surface area contributed by atoms with Crippen LogP contribution >= 0.6 is 0 Å². The van der Waals surface area contributed by atoms with Gasteiger partial charge in [-0.1, -0.05) is 40.0 Å². The third-order valence-electron chi connectivity index (χ3n) is 3.61. The van der Waals surface area contributed by atoms with E-state index in [1.807, 2.05) is 0 Å². The van der Waals surface area contributed by atoms with E-state index in [2.05, 4.69) is 43.2 Å². The summed E-state index contributed by atoms with van der Waals surface area (Å²) in [5.41, 5.74) is 2.43. The number of hydrogen-bond acceptors (Lipinski definition) is 3. The van der Waals surface area contributed by atoms with Crippen molar-refractivity contribution < 1.29 is 4.74 Å². The normalized spacial score (nSPS) is 14.8.